The molecule has 0 bridgehead atoms. The summed E-state index contributed by atoms with van der Waals surface area (Å²) in [7, 11) is 0. The van der Waals surface area contributed by atoms with Gasteiger partial charge in [-0.3, -0.25) is 14.0 Å². The van der Waals surface area contributed by atoms with Crippen molar-refractivity contribution in [1.29, 1.82) is 0 Å². The van der Waals surface area contributed by atoms with Crippen LogP contribution in [0.15, 0.2) is 36.5 Å². The molecule has 2 aromatic heterocycles. The van der Waals surface area contributed by atoms with Crippen molar-refractivity contribution >= 4 is 39.8 Å². The van der Waals surface area contributed by atoms with Gasteiger partial charge in [-0.25, -0.2) is 4.98 Å². The summed E-state index contributed by atoms with van der Waals surface area (Å²) in [6.45, 7) is 4.70. The summed E-state index contributed by atoms with van der Waals surface area (Å²) < 4.78 is 2.01. The van der Waals surface area contributed by atoms with Gasteiger partial charge in [0.15, 0.2) is 10.7 Å². The highest BCUT2D eigenvalue weighted by Crippen LogP contribution is 2.24. The highest BCUT2D eigenvalue weighted by Gasteiger charge is 2.22. The summed E-state index contributed by atoms with van der Waals surface area (Å²) in [4.78, 5) is 32.9. The van der Waals surface area contributed by atoms with Crippen LogP contribution in [0, 0.1) is 13.8 Å². The lowest BCUT2D eigenvalue weighted by molar-refractivity contribution is -0.117. The normalized spacial score (nSPS) is 14.8. The van der Waals surface area contributed by atoms with E-state index in [0.29, 0.717) is 12.0 Å². The Balaban J connectivity index is 1.60. The topological polar surface area (TPSA) is 54.7 Å². The molecule has 3 heterocycles. The predicted molar refractivity (Wildman–Crippen MR) is 104 cm³/mol. The van der Waals surface area contributed by atoms with E-state index in [0.717, 1.165) is 35.0 Å². The fraction of sp³-hybridized carbons (Fsp3) is 0.250. The third-order valence-electron chi connectivity index (χ3n) is 4.57. The van der Waals surface area contributed by atoms with Crippen molar-refractivity contribution in [3.05, 3.63) is 58.4 Å². The lowest BCUT2D eigenvalue weighted by atomic mass is 10.1. The van der Waals surface area contributed by atoms with E-state index in [9.17, 15) is 9.59 Å². The van der Waals surface area contributed by atoms with Crippen LogP contribution in [-0.4, -0.2) is 27.6 Å². The lowest BCUT2D eigenvalue weighted by Crippen LogP contribution is -2.23. The number of aryl methyl sites for hydroxylation is 2. The Hall–Kier alpha value is -2.73. The first-order valence-corrected chi connectivity index (χ1v) is 9.42. The number of carbonyl (C=O) groups is 2. The van der Waals surface area contributed by atoms with Gasteiger partial charge >= 0.3 is 0 Å². The standard InChI is InChI=1S/C20H19N3O2S/c1-13-12-23-17(14(2)21-20(23)26-13)8-9-18(24)15-5-3-6-16(11-15)22-10-4-7-19(22)25/h3,5-6,8-9,11-12H,4,7,10H2,1-2H3/b9-8+. The second-order valence-corrected chi connectivity index (χ2v) is 7.69. The van der Waals surface area contributed by atoms with Gasteiger partial charge in [-0.15, -0.1) is 11.3 Å². The van der Waals surface area contributed by atoms with Crippen LogP contribution >= 0.6 is 11.3 Å². The molecule has 1 aliphatic heterocycles. The Labute approximate surface area is 155 Å². The SMILES string of the molecule is Cc1cn2c(/C=C/C(=O)c3cccc(N4CCCC4=O)c3)c(C)nc2s1. The molecule has 4 rings (SSSR count). The minimum absolute atomic E-state index is 0.0835. The molecule has 0 spiro atoms. The number of hydrogen-bond donors (Lipinski definition) is 0. The van der Waals surface area contributed by atoms with Crippen LogP contribution in [-0.2, 0) is 4.79 Å². The molecule has 0 atom stereocenters. The van der Waals surface area contributed by atoms with Crippen molar-refractivity contribution in [2.45, 2.75) is 26.7 Å². The van der Waals surface area contributed by atoms with Crippen LogP contribution in [0.4, 0.5) is 5.69 Å². The fourth-order valence-corrected chi connectivity index (χ4v) is 4.16. The van der Waals surface area contributed by atoms with E-state index in [4.69, 9.17) is 0 Å². The number of fused-ring (bicyclic) bond motifs is 1. The van der Waals surface area contributed by atoms with Gasteiger partial charge in [0.05, 0.1) is 11.4 Å². The Bertz CT molecular complexity index is 1040. The molecule has 26 heavy (non-hydrogen) atoms. The van der Waals surface area contributed by atoms with Crippen LogP contribution in [0.2, 0.25) is 0 Å². The van der Waals surface area contributed by atoms with Crippen molar-refractivity contribution in [3.63, 3.8) is 0 Å². The summed E-state index contributed by atoms with van der Waals surface area (Å²) >= 11 is 1.63. The smallest absolute Gasteiger partial charge is 0.227 e. The molecule has 1 amide bonds. The molecule has 0 unspecified atom stereocenters. The first kappa shape index (κ1) is 16.7. The maximum Gasteiger partial charge on any atom is 0.227 e. The fourth-order valence-electron chi connectivity index (χ4n) is 3.28. The van der Waals surface area contributed by atoms with Gasteiger partial charge in [-0.1, -0.05) is 12.1 Å². The third kappa shape index (κ3) is 2.97. The minimum atomic E-state index is -0.0835. The van der Waals surface area contributed by atoms with Gasteiger partial charge in [0.1, 0.15) is 0 Å². The van der Waals surface area contributed by atoms with E-state index in [2.05, 4.69) is 4.98 Å². The number of rotatable bonds is 4. The van der Waals surface area contributed by atoms with Crippen molar-refractivity contribution in [2.24, 2.45) is 0 Å². The summed E-state index contributed by atoms with van der Waals surface area (Å²) in [5.41, 5.74) is 3.20. The molecule has 1 saturated heterocycles. The van der Waals surface area contributed by atoms with Crippen molar-refractivity contribution in [2.75, 3.05) is 11.4 Å². The second-order valence-electron chi connectivity index (χ2n) is 6.47. The van der Waals surface area contributed by atoms with Gasteiger partial charge in [0.2, 0.25) is 5.91 Å². The molecule has 0 saturated carbocycles. The van der Waals surface area contributed by atoms with Crippen LogP contribution in [0.5, 0.6) is 0 Å². The molecular weight excluding hydrogens is 346 g/mol. The second kappa shape index (κ2) is 6.53. The number of benzene rings is 1. The quantitative estimate of drug-likeness (QED) is 0.518. The minimum Gasteiger partial charge on any atom is -0.312 e. The number of amides is 1. The number of allylic oxidation sites excluding steroid dienone is 1. The van der Waals surface area contributed by atoms with E-state index in [1.165, 1.54) is 4.88 Å². The van der Waals surface area contributed by atoms with Crippen molar-refractivity contribution in [3.8, 4) is 0 Å². The van der Waals surface area contributed by atoms with E-state index in [1.54, 1.807) is 34.4 Å². The average Bonchev–Trinajstić information content (AvgIpc) is 3.27. The summed E-state index contributed by atoms with van der Waals surface area (Å²) in [6, 6.07) is 7.28. The largest absolute Gasteiger partial charge is 0.312 e. The van der Waals surface area contributed by atoms with Crippen molar-refractivity contribution < 1.29 is 9.59 Å². The molecule has 0 aliphatic carbocycles. The van der Waals surface area contributed by atoms with Gasteiger partial charge in [-0.2, -0.15) is 0 Å². The zero-order valence-corrected chi connectivity index (χ0v) is 15.5. The zero-order chi connectivity index (χ0) is 18.3. The van der Waals surface area contributed by atoms with E-state index < -0.39 is 0 Å². The van der Waals surface area contributed by atoms with Crippen LogP contribution in [0.25, 0.3) is 11.0 Å². The summed E-state index contributed by atoms with van der Waals surface area (Å²) in [5.74, 6) is 0.0371. The Morgan fingerprint density at radius 3 is 2.92 bits per heavy atom. The average molecular weight is 365 g/mol. The highest BCUT2D eigenvalue weighted by atomic mass is 32.1. The van der Waals surface area contributed by atoms with Gasteiger partial charge in [0, 0.05) is 35.3 Å². The van der Waals surface area contributed by atoms with Crippen LogP contribution in [0.1, 0.15) is 39.5 Å². The Morgan fingerprint density at radius 2 is 2.15 bits per heavy atom. The molecule has 6 heteroatoms. The molecular formula is C20H19N3O2S. The maximum atomic E-state index is 12.6. The number of carbonyl (C=O) groups excluding carboxylic acids is 2. The number of anilines is 1. The Morgan fingerprint density at radius 1 is 1.31 bits per heavy atom. The lowest BCUT2D eigenvalue weighted by Gasteiger charge is -2.16. The molecule has 1 aliphatic rings. The maximum absolute atomic E-state index is 12.6. The molecule has 0 N–H and O–H groups in total. The van der Waals surface area contributed by atoms with Crippen LogP contribution < -0.4 is 4.90 Å². The number of nitrogens with zero attached hydrogens (tertiary/aromatic N) is 3. The highest BCUT2D eigenvalue weighted by molar-refractivity contribution is 7.17. The molecule has 1 fully saturated rings. The summed E-state index contributed by atoms with van der Waals surface area (Å²) in [6.07, 6.45) is 6.87. The zero-order valence-electron chi connectivity index (χ0n) is 14.7. The monoisotopic (exact) mass is 365 g/mol. The van der Waals surface area contributed by atoms with E-state index in [-0.39, 0.29) is 11.7 Å². The number of aromatic nitrogens is 2. The molecule has 132 valence electrons. The molecule has 3 aromatic rings. The number of thiazole rings is 1. The van der Waals surface area contributed by atoms with E-state index in [1.807, 2.05) is 42.7 Å². The first-order chi connectivity index (χ1) is 12.5. The first-order valence-electron chi connectivity index (χ1n) is 8.61. The number of ketones is 1. The molecule has 0 radical (unpaired) electrons. The molecule has 1 aromatic carbocycles. The van der Waals surface area contributed by atoms with Gasteiger partial charge < -0.3 is 4.90 Å². The third-order valence-corrected chi connectivity index (χ3v) is 5.47. The van der Waals surface area contributed by atoms with Crippen molar-refractivity contribution in [1.82, 2.24) is 9.38 Å². The predicted octanol–water partition coefficient (Wildman–Crippen LogP) is 4.04. The number of imidazole rings is 1. The van der Waals surface area contributed by atoms with E-state index >= 15 is 0 Å². The number of hydrogen-bond acceptors (Lipinski definition) is 4. The summed E-state index contributed by atoms with van der Waals surface area (Å²) in [5, 5.41) is 0. The molecule has 5 nitrogen and oxygen atoms in total. The van der Waals surface area contributed by atoms with Gasteiger partial charge in [-0.05, 0) is 44.6 Å². The van der Waals surface area contributed by atoms with Crippen LogP contribution in [0.3, 0.4) is 0 Å². The van der Waals surface area contributed by atoms with Gasteiger partial charge in [0.25, 0.3) is 0 Å². The Kier molecular flexibility index (Phi) is 4.20.